The highest BCUT2D eigenvalue weighted by Crippen LogP contribution is 2.24. The van der Waals surface area contributed by atoms with E-state index in [-0.39, 0.29) is 18.0 Å². The third kappa shape index (κ3) is 5.71. The number of hydrogen-bond acceptors (Lipinski definition) is 4. The molecule has 144 valence electrons. The molecule has 0 bridgehead atoms. The van der Waals surface area contributed by atoms with E-state index in [1.807, 2.05) is 52.8 Å². The number of benzene rings is 1. The van der Waals surface area contributed by atoms with Crippen LogP contribution in [0.25, 0.3) is 0 Å². The summed E-state index contributed by atoms with van der Waals surface area (Å²) in [5, 5.41) is 2.97. The Labute approximate surface area is 164 Å². The maximum atomic E-state index is 12.6. The van der Waals surface area contributed by atoms with Crippen LogP contribution in [0.15, 0.2) is 22.7 Å². The Hall–Kier alpha value is -1.60. The zero-order valence-corrected chi connectivity index (χ0v) is 17.7. The fourth-order valence-corrected chi connectivity index (χ4v) is 3.34. The number of rotatable bonds is 3. The second kappa shape index (κ2) is 8.39. The molecule has 0 aromatic heterocycles. The first-order valence-corrected chi connectivity index (χ1v) is 9.65. The molecule has 0 saturated carbocycles. The van der Waals surface area contributed by atoms with Crippen molar-refractivity contribution in [3.05, 3.63) is 28.2 Å². The molecule has 1 heterocycles. The van der Waals surface area contributed by atoms with Gasteiger partial charge in [-0.1, -0.05) is 6.07 Å². The molecule has 1 unspecified atom stereocenters. The maximum Gasteiger partial charge on any atom is 0.410 e. The standard InChI is InChI=1S/C19H28BrN3O3/c1-13-6-7-16(15(20)12-13)21-17(24)14(2)22-8-10-23(11-9-22)18(25)26-19(3,4)5/h6-7,12,14H,8-11H2,1-5H3,(H,21,24). The van der Waals surface area contributed by atoms with Crippen LogP contribution in [0.5, 0.6) is 0 Å². The fourth-order valence-electron chi connectivity index (χ4n) is 2.74. The van der Waals surface area contributed by atoms with E-state index in [9.17, 15) is 9.59 Å². The molecule has 0 aliphatic carbocycles. The SMILES string of the molecule is Cc1ccc(NC(=O)C(C)N2CCN(C(=O)OC(C)(C)C)CC2)c(Br)c1. The summed E-state index contributed by atoms with van der Waals surface area (Å²) in [6.45, 7) is 11.9. The highest BCUT2D eigenvalue weighted by Gasteiger charge is 2.29. The van der Waals surface area contributed by atoms with Crippen LogP contribution < -0.4 is 5.32 Å². The lowest BCUT2D eigenvalue weighted by Crippen LogP contribution is -2.54. The first-order valence-electron chi connectivity index (χ1n) is 8.86. The summed E-state index contributed by atoms with van der Waals surface area (Å²) in [6.07, 6.45) is -0.294. The molecule has 0 radical (unpaired) electrons. The number of aryl methyl sites for hydroxylation is 1. The molecule has 26 heavy (non-hydrogen) atoms. The van der Waals surface area contributed by atoms with Crippen molar-refractivity contribution < 1.29 is 14.3 Å². The summed E-state index contributed by atoms with van der Waals surface area (Å²) in [7, 11) is 0. The average Bonchev–Trinajstić information content (AvgIpc) is 2.55. The van der Waals surface area contributed by atoms with Crippen LogP contribution in [0, 0.1) is 6.92 Å². The highest BCUT2D eigenvalue weighted by atomic mass is 79.9. The van der Waals surface area contributed by atoms with Crippen LogP contribution in [0.1, 0.15) is 33.3 Å². The summed E-state index contributed by atoms with van der Waals surface area (Å²) >= 11 is 3.48. The van der Waals surface area contributed by atoms with Crippen molar-refractivity contribution in [1.29, 1.82) is 0 Å². The molecule has 2 rings (SSSR count). The lowest BCUT2D eigenvalue weighted by atomic mass is 10.2. The smallest absolute Gasteiger partial charge is 0.410 e. The molecule has 2 amide bonds. The maximum absolute atomic E-state index is 12.6. The minimum absolute atomic E-state index is 0.0553. The van der Waals surface area contributed by atoms with E-state index in [1.165, 1.54) is 0 Å². The molecule has 1 fully saturated rings. The van der Waals surface area contributed by atoms with Crippen LogP contribution in [0.4, 0.5) is 10.5 Å². The number of piperazine rings is 1. The molecule has 1 aromatic carbocycles. The second-order valence-electron chi connectivity index (χ2n) is 7.65. The first-order chi connectivity index (χ1) is 12.1. The van der Waals surface area contributed by atoms with E-state index >= 15 is 0 Å². The lowest BCUT2D eigenvalue weighted by molar-refractivity contribution is -0.121. The Bertz CT molecular complexity index is 664. The van der Waals surface area contributed by atoms with Gasteiger partial charge in [-0.25, -0.2) is 4.79 Å². The summed E-state index contributed by atoms with van der Waals surface area (Å²) in [5.74, 6) is -0.0553. The predicted octanol–water partition coefficient (Wildman–Crippen LogP) is 3.64. The molecular weight excluding hydrogens is 398 g/mol. The topological polar surface area (TPSA) is 61.9 Å². The monoisotopic (exact) mass is 425 g/mol. The van der Waals surface area contributed by atoms with Crippen molar-refractivity contribution in [1.82, 2.24) is 9.80 Å². The Morgan fingerprint density at radius 3 is 2.35 bits per heavy atom. The minimum Gasteiger partial charge on any atom is -0.444 e. The zero-order chi connectivity index (χ0) is 19.5. The van der Waals surface area contributed by atoms with Gasteiger partial charge >= 0.3 is 6.09 Å². The number of halogens is 1. The van der Waals surface area contributed by atoms with Crippen LogP contribution >= 0.6 is 15.9 Å². The van der Waals surface area contributed by atoms with Gasteiger partial charge in [0.2, 0.25) is 5.91 Å². The molecule has 7 heteroatoms. The average molecular weight is 426 g/mol. The van der Waals surface area contributed by atoms with Gasteiger partial charge in [-0.15, -0.1) is 0 Å². The van der Waals surface area contributed by atoms with E-state index in [0.717, 1.165) is 15.7 Å². The van der Waals surface area contributed by atoms with Crippen LogP contribution in [0.2, 0.25) is 0 Å². The highest BCUT2D eigenvalue weighted by molar-refractivity contribution is 9.10. The van der Waals surface area contributed by atoms with Crippen molar-refractivity contribution in [3.8, 4) is 0 Å². The Kier molecular flexibility index (Phi) is 6.69. The van der Waals surface area contributed by atoms with E-state index < -0.39 is 5.60 Å². The van der Waals surface area contributed by atoms with Gasteiger partial charge in [0.1, 0.15) is 5.60 Å². The molecule has 1 aromatic rings. The predicted molar refractivity (Wildman–Crippen MR) is 106 cm³/mol. The van der Waals surface area contributed by atoms with Crippen LogP contribution in [0.3, 0.4) is 0 Å². The molecule has 1 aliphatic heterocycles. The Morgan fingerprint density at radius 2 is 1.81 bits per heavy atom. The molecule has 1 saturated heterocycles. The van der Waals surface area contributed by atoms with Gasteiger partial charge in [-0.3, -0.25) is 9.69 Å². The van der Waals surface area contributed by atoms with E-state index in [4.69, 9.17) is 4.74 Å². The Morgan fingerprint density at radius 1 is 1.19 bits per heavy atom. The summed E-state index contributed by atoms with van der Waals surface area (Å²) in [5.41, 5.74) is 1.39. The number of carbonyl (C=O) groups is 2. The van der Waals surface area contributed by atoms with Gasteiger partial charge in [0.25, 0.3) is 0 Å². The first kappa shape index (κ1) is 20.7. The molecule has 0 spiro atoms. The molecule has 1 aliphatic rings. The van der Waals surface area contributed by atoms with E-state index in [1.54, 1.807) is 4.90 Å². The zero-order valence-electron chi connectivity index (χ0n) is 16.1. The van der Waals surface area contributed by atoms with Crippen molar-refractivity contribution in [2.45, 2.75) is 46.3 Å². The van der Waals surface area contributed by atoms with Gasteiger partial charge in [0.05, 0.1) is 11.7 Å². The number of anilines is 1. The summed E-state index contributed by atoms with van der Waals surface area (Å²) in [4.78, 5) is 28.5. The van der Waals surface area contributed by atoms with E-state index in [2.05, 4.69) is 26.1 Å². The summed E-state index contributed by atoms with van der Waals surface area (Å²) < 4.78 is 6.27. The molecule has 1 N–H and O–H groups in total. The quantitative estimate of drug-likeness (QED) is 0.802. The van der Waals surface area contributed by atoms with Crippen molar-refractivity contribution >= 4 is 33.6 Å². The van der Waals surface area contributed by atoms with Crippen molar-refractivity contribution in [2.24, 2.45) is 0 Å². The van der Waals surface area contributed by atoms with Crippen LogP contribution in [-0.2, 0) is 9.53 Å². The Balaban J connectivity index is 1.88. The van der Waals surface area contributed by atoms with Crippen molar-refractivity contribution in [3.63, 3.8) is 0 Å². The number of hydrogen-bond donors (Lipinski definition) is 1. The fraction of sp³-hybridized carbons (Fsp3) is 0.579. The van der Waals surface area contributed by atoms with Gasteiger partial charge in [0.15, 0.2) is 0 Å². The summed E-state index contributed by atoms with van der Waals surface area (Å²) in [6, 6.07) is 5.55. The van der Waals surface area contributed by atoms with Gasteiger partial charge < -0.3 is 15.0 Å². The molecule has 1 atom stereocenters. The van der Waals surface area contributed by atoms with E-state index in [0.29, 0.717) is 26.2 Å². The van der Waals surface area contributed by atoms with Crippen LogP contribution in [-0.4, -0.2) is 59.6 Å². The van der Waals surface area contributed by atoms with Gasteiger partial charge in [0, 0.05) is 30.7 Å². The van der Waals surface area contributed by atoms with Gasteiger partial charge in [-0.2, -0.15) is 0 Å². The second-order valence-corrected chi connectivity index (χ2v) is 8.51. The lowest BCUT2D eigenvalue weighted by Gasteiger charge is -2.37. The number of amides is 2. The number of carbonyl (C=O) groups excluding carboxylic acids is 2. The van der Waals surface area contributed by atoms with Gasteiger partial charge in [-0.05, 0) is 68.2 Å². The third-order valence-electron chi connectivity index (χ3n) is 4.28. The minimum atomic E-state index is -0.497. The molecular formula is C19H28BrN3O3. The number of nitrogens with zero attached hydrogens (tertiary/aromatic N) is 2. The molecule has 6 nitrogen and oxygen atoms in total. The normalized spacial score (nSPS) is 16.9. The number of nitrogens with one attached hydrogen (secondary N) is 1. The third-order valence-corrected chi connectivity index (χ3v) is 4.93. The van der Waals surface area contributed by atoms with Crippen molar-refractivity contribution in [2.75, 3.05) is 31.5 Å². The largest absolute Gasteiger partial charge is 0.444 e. The number of ether oxygens (including phenoxy) is 1.